The van der Waals surface area contributed by atoms with Gasteiger partial charge in [-0.2, -0.15) is 0 Å². The summed E-state index contributed by atoms with van der Waals surface area (Å²) >= 11 is 6.18. The molecule has 2 aromatic rings. The van der Waals surface area contributed by atoms with Crippen molar-refractivity contribution in [2.24, 2.45) is 5.92 Å². The number of hydrogen-bond donors (Lipinski definition) is 0. The van der Waals surface area contributed by atoms with Crippen LogP contribution in [-0.2, 0) is 0 Å². The Morgan fingerprint density at radius 3 is 2.44 bits per heavy atom. The van der Waals surface area contributed by atoms with E-state index >= 15 is 0 Å². The fraction of sp³-hybridized carbons (Fsp3) is 0.364. The quantitative estimate of drug-likeness (QED) is 0.485. The maximum Gasteiger partial charge on any atom is 0.205 e. The standard InChI is InChI=1S/C22H23ClN2O2/c1-14(2)21(26)15-6-9-17(10-7-15)27-20-13-25(22(20,3)4)16-8-11-19(24-5)18(23)12-16/h6-12,14,20H,13H2,1-4H3/t20-/m1/s1. The van der Waals surface area contributed by atoms with Crippen molar-refractivity contribution in [1.29, 1.82) is 0 Å². The summed E-state index contributed by atoms with van der Waals surface area (Å²) in [5, 5.41) is 0.466. The minimum Gasteiger partial charge on any atom is -0.486 e. The van der Waals surface area contributed by atoms with E-state index in [-0.39, 0.29) is 23.3 Å². The molecule has 0 spiro atoms. The van der Waals surface area contributed by atoms with E-state index in [1.165, 1.54) is 0 Å². The molecular weight excluding hydrogens is 360 g/mol. The van der Waals surface area contributed by atoms with E-state index in [2.05, 4.69) is 23.6 Å². The normalized spacial score (nSPS) is 18.0. The van der Waals surface area contributed by atoms with Crippen molar-refractivity contribution in [3.63, 3.8) is 0 Å². The predicted octanol–water partition coefficient (Wildman–Crippen LogP) is 5.78. The topological polar surface area (TPSA) is 33.9 Å². The van der Waals surface area contributed by atoms with Gasteiger partial charge in [0.1, 0.15) is 11.9 Å². The molecule has 140 valence electrons. The fourth-order valence-corrected chi connectivity index (χ4v) is 3.47. The molecule has 1 atom stereocenters. The van der Waals surface area contributed by atoms with Crippen molar-refractivity contribution in [1.82, 2.24) is 0 Å². The first-order valence-electron chi connectivity index (χ1n) is 8.99. The second-order valence-corrected chi connectivity index (χ2v) is 8.07. The first-order chi connectivity index (χ1) is 12.7. The van der Waals surface area contributed by atoms with Gasteiger partial charge in [-0.15, -0.1) is 0 Å². The van der Waals surface area contributed by atoms with Gasteiger partial charge in [-0.05, 0) is 50.2 Å². The van der Waals surface area contributed by atoms with E-state index in [9.17, 15) is 4.79 Å². The van der Waals surface area contributed by atoms with Gasteiger partial charge in [0.25, 0.3) is 0 Å². The van der Waals surface area contributed by atoms with Crippen LogP contribution in [0.15, 0.2) is 42.5 Å². The van der Waals surface area contributed by atoms with Crippen molar-refractivity contribution in [2.75, 3.05) is 11.4 Å². The van der Waals surface area contributed by atoms with Crippen LogP contribution in [0.2, 0.25) is 5.02 Å². The number of anilines is 1. The summed E-state index contributed by atoms with van der Waals surface area (Å²) in [4.78, 5) is 17.7. The van der Waals surface area contributed by atoms with E-state index in [1.807, 2.05) is 50.2 Å². The molecule has 1 aliphatic rings. The number of hydrogen-bond acceptors (Lipinski definition) is 3. The molecule has 3 rings (SSSR count). The molecule has 27 heavy (non-hydrogen) atoms. The van der Waals surface area contributed by atoms with Crippen molar-refractivity contribution < 1.29 is 9.53 Å². The number of carbonyl (C=O) groups is 1. The summed E-state index contributed by atoms with van der Waals surface area (Å²) in [7, 11) is 0. The van der Waals surface area contributed by atoms with Crippen molar-refractivity contribution in [3.8, 4) is 5.75 Å². The van der Waals surface area contributed by atoms with Crippen molar-refractivity contribution in [2.45, 2.75) is 39.3 Å². The molecule has 0 amide bonds. The highest BCUT2D eigenvalue weighted by molar-refractivity contribution is 6.33. The summed E-state index contributed by atoms with van der Waals surface area (Å²) in [6, 6.07) is 12.9. The molecule has 0 aromatic heterocycles. The molecule has 0 N–H and O–H groups in total. The highest BCUT2D eigenvalue weighted by Crippen LogP contribution is 2.40. The zero-order chi connectivity index (χ0) is 19.8. The third kappa shape index (κ3) is 3.65. The molecule has 0 bridgehead atoms. The average Bonchev–Trinajstić information content (AvgIpc) is 2.64. The van der Waals surface area contributed by atoms with Gasteiger partial charge in [0.2, 0.25) is 5.69 Å². The molecule has 1 heterocycles. The van der Waals surface area contributed by atoms with E-state index in [0.29, 0.717) is 16.3 Å². The smallest absolute Gasteiger partial charge is 0.205 e. The van der Waals surface area contributed by atoms with Crippen LogP contribution in [0, 0.1) is 12.5 Å². The van der Waals surface area contributed by atoms with Gasteiger partial charge >= 0.3 is 0 Å². The van der Waals surface area contributed by atoms with Gasteiger partial charge in [0.15, 0.2) is 5.78 Å². The highest BCUT2D eigenvalue weighted by atomic mass is 35.5. The predicted molar refractivity (Wildman–Crippen MR) is 109 cm³/mol. The number of ketones is 1. The zero-order valence-electron chi connectivity index (χ0n) is 16.0. The summed E-state index contributed by atoms with van der Waals surface area (Å²) in [5.41, 5.74) is 1.94. The second-order valence-electron chi connectivity index (χ2n) is 7.66. The first kappa shape index (κ1) is 19.3. The van der Waals surface area contributed by atoms with Crippen LogP contribution >= 0.6 is 11.6 Å². The number of nitrogens with zero attached hydrogens (tertiary/aromatic N) is 2. The molecule has 0 aliphatic carbocycles. The molecule has 1 fully saturated rings. The van der Waals surface area contributed by atoms with Gasteiger partial charge < -0.3 is 9.64 Å². The van der Waals surface area contributed by atoms with Crippen LogP contribution in [-0.4, -0.2) is 24.0 Å². The third-order valence-electron chi connectivity index (χ3n) is 5.14. The van der Waals surface area contributed by atoms with E-state index in [4.69, 9.17) is 22.9 Å². The Labute approximate surface area is 165 Å². The van der Waals surface area contributed by atoms with E-state index < -0.39 is 0 Å². The monoisotopic (exact) mass is 382 g/mol. The maximum absolute atomic E-state index is 12.0. The Balaban J connectivity index is 1.69. The van der Waals surface area contributed by atoms with E-state index in [1.54, 1.807) is 6.07 Å². The number of Topliss-reactive ketones (excluding diaryl/α,β-unsaturated/α-hetero) is 1. The van der Waals surface area contributed by atoms with Crippen LogP contribution in [0.5, 0.6) is 5.75 Å². The molecule has 1 saturated heterocycles. The van der Waals surface area contributed by atoms with Gasteiger partial charge in [-0.3, -0.25) is 4.79 Å². The molecule has 1 aliphatic heterocycles. The van der Waals surface area contributed by atoms with Crippen molar-refractivity contribution in [3.05, 3.63) is 64.5 Å². The lowest BCUT2D eigenvalue weighted by atomic mass is 9.84. The molecule has 2 aromatic carbocycles. The number of carbonyl (C=O) groups excluding carboxylic acids is 1. The zero-order valence-corrected chi connectivity index (χ0v) is 16.7. The van der Waals surface area contributed by atoms with E-state index in [0.717, 1.165) is 18.0 Å². The molecular formula is C22H23ClN2O2. The molecule has 0 radical (unpaired) electrons. The van der Waals surface area contributed by atoms with Crippen LogP contribution in [0.1, 0.15) is 38.1 Å². The van der Waals surface area contributed by atoms with Gasteiger partial charge in [-0.25, -0.2) is 4.85 Å². The molecule has 0 saturated carbocycles. The Kier molecular flexibility index (Phi) is 5.17. The lowest BCUT2D eigenvalue weighted by Gasteiger charge is -2.55. The molecule has 5 heteroatoms. The summed E-state index contributed by atoms with van der Waals surface area (Å²) in [6.07, 6.45) is 0.0171. The Morgan fingerprint density at radius 2 is 1.93 bits per heavy atom. The van der Waals surface area contributed by atoms with Crippen LogP contribution < -0.4 is 9.64 Å². The Morgan fingerprint density at radius 1 is 1.26 bits per heavy atom. The van der Waals surface area contributed by atoms with Gasteiger partial charge in [0, 0.05) is 22.2 Å². The lowest BCUT2D eigenvalue weighted by molar-refractivity contribution is 0.0651. The third-order valence-corrected chi connectivity index (χ3v) is 5.44. The first-order valence-corrected chi connectivity index (χ1v) is 9.37. The Hall–Kier alpha value is -2.51. The van der Waals surface area contributed by atoms with Crippen LogP contribution in [0.3, 0.4) is 0 Å². The highest BCUT2D eigenvalue weighted by Gasteiger charge is 2.48. The van der Waals surface area contributed by atoms with Crippen LogP contribution in [0.25, 0.3) is 4.85 Å². The summed E-state index contributed by atoms with van der Waals surface area (Å²) in [6.45, 7) is 15.9. The minimum absolute atomic E-state index is 0.0167. The number of benzene rings is 2. The van der Waals surface area contributed by atoms with Gasteiger partial charge in [0.05, 0.1) is 18.7 Å². The maximum atomic E-state index is 12.0. The largest absolute Gasteiger partial charge is 0.486 e. The van der Waals surface area contributed by atoms with Crippen LogP contribution in [0.4, 0.5) is 11.4 Å². The fourth-order valence-electron chi connectivity index (χ4n) is 3.26. The van der Waals surface area contributed by atoms with Crippen molar-refractivity contribution >= 4 is 28.8 Å². The van der Waals surface area contributed by atoms with Gasteiger partial charge in [-0.1, -0.05) is 31.5 Å². The lowest BCUT2D eigenvalue weighted by Crippen LogP contribution is -2.70. The molecule has 0 unspecified atom stereocenters. The Bertz CT molecular complexity index is 898. The minimum atomic E-state index is -0.213. The second kappa shape index (κ2) is 7.25. The number of ether oxygens (including phenoxy) is 1. The molecule has 4 nitrogen and oxygen atoms in total. The SMILES string of the molecule is [C-]#[N+]c1ccc(N2C[C@@H](Oc3ccc(C(=O)C(C)C)cc3)C2(C)C)cc1Cl. The summed E-state index contributed by atoms with van der Waals surface area (Å²) in [5.74, 6) is 0.878. The summed E-state index contributed by atoms with van der Waals surface area (Å²) < 4.78 is 6.15. The average molecular weight is 383 g/mol. The number of halogens is 1. The number of rotatable bonds is 5.